The van der Waals surface area contributed by atoms with Gasteiger partial charge in [-0.2, -0.15) is 13.2 Å². The van der Waals surface area contributed by atoms with Crippen LogP contribution in [0.3, 0.4) is 0 Å². The highest BCUT2D eigenvalue weighted by Crippen LogP contribution is 2.38. The Kier molecular flexibility index (Phi) is 6.95. The average molecular weight is 445 g/mol. The van der Waals surface area contributed by atoms with Crippen LogP contribution in [0.5, 0.6) is 0 Å². The number of nitrogens with one attached hydrogen (secondary N) is 1. The third-order valence-corrected chi connectivity index (χ3v) is 5.46. The first-order valence-corrected chi connectivity index (χ1v) is 10.1. The van der Waals surface area contributed by atoms with Gasteiger partial charge >= 0.3 is 18.2 Å². The van der Waals surface area contributed by atoms with Crippen molar-refractivity contribution in [3.05, 3.63) is 23.8 Å². The summed E-state index contributed by atoms with van der Waals surface area (Å²) >= 11 is 0. The smallest absolute Gasteiger partial charge is 0.418 e. The molecule has 0 spiro atoms. The average Bonchev–Trinajstić information content (AvgIpc) is 2.74. The van der Waals surface area contributed by atoms with Gasteiger partial charge in [0.25, 0.3) is 0 Å². The Balaban J connectivity index is 1.70. The number of anilines is 2. The minimum Gasteiger partial charge on any atom is -0.464 e. The molecule has 2 amide bonds. The highest BCUT2D eigenvalue weighted by atomic mass is 19.4. The number of esters is 1. The molecule has 3 rings (SSSR count). The van der Waals surface area contributed by atoms with Gasteiger partial charge in [0.05, 0.1) is 31.1 Å². The lowest BCUT2D eigenvalue weighted by molar-refractivity contribution is -0.169. The molecule has 2 aliphatic heterocycles. The van der Waals surface area contributed by atoms with E-state index in [4.69, 9.17) is 9.47 Å². The van der Waals surface area contributed by atoms with Crippen LogP contribution in [0.15, 0.2) is 18.2 Å². The molecule has 0 radical (unpaired) electrons. The van der Waals surface area contributed by atoms with E-state index >= 15 is 0 Å². The highest BCUT2D eigenvalue weighted by Gasteiger charge is 2.42. The quantitative estimate of drug-likeness (QED) is 0.692. The highest BCUT2D eigenvalue weighted by molar-refractivity contribution is 5.91. The molecule has 0 bridgehead atoms. The summed E-state index contributed by atoms with van der Waals surface area (Å²) in [7, 11) is 0. The molecule has 31 heavy (non-hydrogen) atoms. The minimum absolute atomic E-state index is 0.00829. The monoisotopic (exact) mass is 445 g/mol. The number of hydrogen-bond donors (Lipinski definition) is 2. The van der Waals surface area contributed by atoms with E-state index in [-0.39, 0.29) is 38.2 Å². The van der Waals surface area contributed by atoms with Gasteiger partial charge < -0.3 is 29.7 Å². The van der Waals surface area contributed by atoms with Crippen molar-refractivity contribution >= 4 is 23.4 Å². The zero-order chi connectivity index (χ0) is 22.6. The molecule has 2 heterocycles. The molecular formula is C20H26F3N3O5. The molecule has 0 saturated carbocycles. The predicted octanol–water partition coefficient (Wildman–Crippen LogP) is 2.46. The summed E-state index contributed by atoms with van der Waals surface area (Å²) < 4.78 is 51.1. The van der Waals surface area contributed by atoms with Crippen LogP contribution in [0.25, 0.3) is 0 Å². The Labute approximate surface area is 177 Å². The number of rotatable bonds is 4. The Hall–Kier alpha value is -2.53. The van der Waals surface area contributed by atoms with Crippen LogP contribution in [0.4, 0.5) is 29.3 Å². The summed E-state index contributed by atoms with van der Waals surface area (Å²) in [5.41, 5.74) is -2.57. The summed E-state index contributed by atoms with van der Waals surface area (Å²) in [5, 5.41) is 12.7. The van der Waals surface area contributed by atoms with Crippen LogP contribution < -0.4 is 10.2 Å². The molecule has 1 aromatic carbocycles. The summed E-state index contributed by atoms with van der Waals surface area (Å²) in [4.78, 5) is 27.5. The largest absolute Gasteiger partial charge is 0.464 e. The number of nitrogens with zero attached hydrogens (tertiary/aromatic N) is 2. The van der Waals surface area contributed by atoms with Crippen LogP contribution >= 0.6 is 0 Å². The molecule has 0 atom stereocenters. The first kappa shape index (κ1) is 23.1. The third kappa shape index (κ3) is 5.40. The third-order valence-electron chi connectivity index (χ3n) is 5.46. The van der Waals surface area contributed by atoms with E-state index in [0.717, 1.165) is 6.07 Å². The summed E-state index contributed by atoms with van der Waals surface area (Å²) in [6.07, 6.45) is -4.76. The van der Waals surface area contributed by atoms with Gasteiger partial charge in [-0.15, -0.1) is 0 Å². The number of alkyl halides is 3. The zero-order valence-electron chi connectivity index (χ0n) is 17.2. The molecule has 0 aliphatic carbocycles. The minimum atomic E-state index is -4.66. The maximum absolute atomic E-state index is 13.7. The van der Waals surface area contributed by atoms with E-state index in [1.54, 1.807) is 11.8 Å². The fourth-order valence-electron chi connectivity index (χ4n) is 3.64. The number of benzene rings is 1. The van der Waals surface area contributed by atoms with E-state index in [0.29, 0.717) is 32.0 Å². The second-order valence-corrected chi connectivity index (χ2v) is 7.50. The molecule has 2 saturated heterocycles. The second kappa shape index (κ2) is 9.31. The number of halogens is 3. The molecule has 8 nitrogen and oxygen atoms in total. The fraction of sp³-hybridized carbons (Fsp3) is 0.600. The second-order valence-electron chi connectivity index (χ2n) is 7.50. The maximum Gasteiger partial charge on any atom is 0.418 e. The van der Waals surface area contributed by atoms with E-state index < -0.39 is 29.3 Å². The van der Waals surface area contributed by atoms with Crippen molar-refractivity contribution < 1.29 is 37.3 Å². The number of likely N-dealkylation sites (tertiary alicyclic amines) is 1. The normalized spacial score (nSPS) is 19.1. The molecular weight excluding hydrogens is 419 g/mol. The lowest BCUT2D eigenvalue weighted by atomic mass is 9.92. The van der Waals surface area contributed by atoms with Crippen LogP contribution in [0.2, 0.25) is 0 Å². The molecule has 2 N–H and O–H groups in total. The summed E-state index contributed by atoms with van der Waals surface area (Å²) in [5.74, 6) is -0.756. The van der Waals surface area contributed by atoms with E-state index in [1.807, 2.05) is 0 Å². The first-order valence-electron chi connectivity index (χ1n) is 10.1. The lowest BCUT2D eigenvalue weighted by Gasteiger charge is -2.36. The van der Waals surface area contributed by atoms with E-state index in [2.05, 4.69) is 5.32 Å². The molecule has 172 valence electrons. The van der Waals surface area contributed by atoms with Gasteiger partial charge in [0.15, 0.2) is 5.60 Å². The molecule has 0 aromatic heterocycles. The van der Waals surface area contributed by atoms with E-state index in [9.17, 15) is 27.9 Å². The molecule has 11 heteroatoms. The number of ether oxygens (including phenoxy) is 2. The number of carbonyl (C=O) groups is 2. The standard InChI is InChI=1S/C20H26F3N3O5/c1-2-31-17(27)19(29)5-7-26(8-6-19)18(28)24-16-4-3-14(13-15(16)20(21,22)23)25-9-11-30-12-10-25/h3-4,13,29H,2,5-12H2,1H3,(H,24,28). The summed E-state index contributed by atoms with van der Waals surface area (Å²) in [6.45, 7) is 3.60. The van der Waals surface area contributed by atoms with Crippen molar-refractivity contribution in [1.29, 1.82) is 0 Å². The number of urea groups is 1. The topological polar surface area (TPSA) is 91.3 Å². The van der Waals surface area contributed by atoms with Gasteiger partial charge in [0.1, 0.15) is 0 Å². The number of morpholine rings is 1. The summed E-state index contributed by atoms with van der Waals surface area (Å²) in [6, 6.07) is 3.07. The Morgan fingerprint density at radius 1 is 1.19 bits per heavy atom. The molecule has 1 aromatic rings. The van der Waals surface area contributed by atoms with Crippen molar-refractivity contribution in [3.8, 4) is 0 Å². The van der Waals surface area contributed by atoms with Crippen molar-refractivity contribution in [2.75, 3.05) is 56.2 Å². The Bertz CT molecular complexity index is 804. The van der Waals surface area contributed by atoms with Crippen LogP contribution in [-0.2, 0) is 20.4 Å². The van der Waals surface area contributed by atoms with Gasteiger partial charge in [-0.1, -0.05) is 0 Å². The van der Waals surface area contributed by atoms with Gasteiger partial charge in [-0.05, 0) is 25.1 Å². The Morgan fingerprint density at radius 2 is 1.84 bits per heavy atom. The van der Waals surface area contributed by atoms with E-state index in [1.165, 1.54) is 17.0 Å². The van der Waals surface area contributed by atoms with Gasteiger partial charge in [0, 0.05) is 44.7 Å². The number of aliphatic hydroxyl groups is 1. The van der Waals surface area contributed by atoms with Gasteiger partial charge in [0.2, 0.25) is 0 Å². The molecule has 2 fully saturated rings. The van der Waals surface area contributed by atoms with Gasteiger partial charge in [-0.25, -0.2) is 9.59 Å². The van der Waals surface area contributed by atoms with Crippen molar-refractivity contribution in [2.24, 2.45) is 0 Å². The Morgan fingerprint density at radius 3 is 2.42 bits per heavy atom. The SMILES string of the molecule is CCOC(=O)C1(O)CCN(C(=O)Nc2ccc(N3CCOCC3)cc2C(F)(F)F)CC1. The number of amides is 2. The molecule has 2 aliphatic rings. The van der Waals surface area contributed by atoms with Crippen molar-refractivity contribution in [1.82, 2.24) is 4.90 Å². The lowest BCUT2D eigenvalue weighted by Crippen LogP contribution is -2.52. The molecule has 0 unspecified atom stereocenters. The first-order chi connectivity index (χ1) is 14.6. The van der Waals surface area contributed by atoms with Crippen LogP contribution in [0.1, 0.15) is 25.3 Å². The number of carbonyl (C=O) groups excluding carboxylic acids is 2. The fourth-order valence-corrected chi connectivity index (χ4v) is 3.64. The van der Waals surface area contributed by atoms with Crippen molar-refractivity contribution in [3.63, 3.8) is 0 Å². The maximum atomic E-state index is 13.7. The van der Waals surface area contributed by atoms with Gasteiger partial charge in [-0.3, -0.25) is 0 Å². The predicted molar refractivity (Wildman–Crippen MR) is 106 cm³/mol. The van der Waals surface area contributed by atoms with Crippen molar-refractivity contribution in [2.45, 2.75) is 31.5 Å². The number of piperidine rings is 1. The van der Waals surface area contributed by atoms with Crippen LogP contribution in [0, 0.1) is 0 Å². The number of hydrogen-bond acceptors (Lipinski definition) is 6. The zero-order valence-corrected chi connectivity index (χ0v) is 17.2. The van der Waals surface area contributed by atoms with Crippen LogP contribution in [-0.4, -0.2) is 73.6 Å².